The topological polar surface area (TPSA) is 90.3 Å². The Balaban J connectivity index is 1.61. The predicted molar refractivity (Wildman–Crippen MR) is 106 cm³/mol. The van der Waals surface area contributed by atoms with Crippen LogP contribution in [-0.2, 0) is 19.5 Å². The Morgan fingerprint density at radius 3 is 2.75 bits per heavy atom. The Hall–Kier alpha value is -2.77. The highest BCUT2D eigenvalue weighted by Gasteiger charge is 2.22. The van der Waals surface area contributed by atoms with E-state index in [1.807, 2.05) is 25.1 Å². The summed E-state index contributed by atoms with van der Waals surface area (Å²) in [7, 11) is 3.19. The molecule has 1 atom stereocenters. The van der Waals surface area contributed by atoms with Crippen LogP contribution in [0.1, 0.15) is 55.9 Å². The highest BCUT2D eigenvalue weighted by atomic mass is 16.5. The number of hydrogen-bond acceptors (Lipinski definition) is 5. The first-order valence-corrected chi connectivity index (χ1v) is 9.83. The number of nitrogens with one attached hydrogen (secondary N) is 2. The van der Waals surface area contributed by atoms with Crippen molar-refractivity contribution in [3.05, 3.63) is 35.4 Å². The zero-order valence-corrected chi connectivity index (χ0v) is 16.8. The first kappa shape index (κ1) is 20.0. The average molecular weight is 387 g/mol. The molecule has 0 saturated carbocycles. The van der Waals surface area contributed by atoms with Crippen LogP contribution < -0.4 is 20.1 Å². The fraction of sp³-hybridized carbons (Fsp3) is 0.550. The number of aromatic nitrogens is 3. The van der Waals surface area contributed by atoms with Crippen LogP contribution in [0.4, 0.5) is 4.79 Å². The second kappa shape index (κ2) is 9.43. The van der Waals surface area contributed by atoms with Crippen LogP contribution in [0, 0.1) is 0 Å². The molecule has 0 radical (unpaired) electrons. The zero-order chi connectivity index (χ0) is 19.9. The predicted octanol–water partition coefficient (Wildman–Crippen LogP) is 2.97. The number of aryl methyl sites for hydroxylation is 1. The van der Waals surface area contributed by atoms with E-state index in [0.29, 0.717) is 18.0 Å². The van der Waals surface area contributed by atoms with Crippen molar-refractivity contribution in [1.29, 1.82) is 0 Å². The number of carbonyl (C=O) groups excluding carboxylic acids is 1. The zero-order valence-electron chi connectivity index (χ0n) is 16.8. The lowest BCUT2D eigenvalue weighted by Crippen LogP contribution is -2.38. The fourth-order valence-corrected chi connectivity index (χ4v) is 3.50. The molecule has 1 aliphatic heterocycles. The molecular weight excluding hydrogens is 358 g/mol. The minimum absolute atomic E-state index is 0.162. The Morgan fingerprint density at radius 1 is 1.18 bits per heavy atom. The minimum Gasteiger partial charge on any atom is -0.493 e. The van der Waals surface area contributed by atoms with E-state index in [-0.39, 0.29) is 12.1 Å². The normalized spacial score (nSPS) is 14.5. The number of carbonyl (C=O) groups is 1. The third kappa shape index (κ3) is 4.55. The van der Waals surface area contributed by atoms with E-state index in [2.05, 4.69) is 25.4 Å². The van der Waals surface area contributed by atoms with Crippen molar-refractivity contribution in [3.8, 4) is 11.5 Å². The molecule has 0 aliphatic carbocycles. The van der Waals surface area contributed by atoms with Crippen molar-refractivity contribution >= 4 is 6.03 Å². The van der Waals surface area contributed by atoms with E-state index >= 15 is 0 Å². The fourth-order valence-electron chi connectivity index (χ4n) is 3.50. The summed E-state index contributed by atoms with van der Waals surface area (Å²) in [6, 6.07) is 5.19. The van der Waals surface area contributed by atoms with E-state index in [1.54, 1.807) is 14.2 Å². The van der Waals surface area contributed by atoms with Crippen molar-refractivity contribution in [3.63, 3.8) is 0 Å². The number of ether oxygens (including phenoxy) is 2. The van der Waals surface area contributed by atoms with Gasteiger partial charge in [0.2, 0.25) is 0 Å². The van der Waals surface area contributed by atoms with Gasteiger partial charge in [0, 0.05) is 19.5 Å². The van der Waals surface area contributed by atoms with Gasteiger partial charge in [-0.15, -0.1) is 10.2 Å². The number of nitrogens with zero attached hydrogens (tertiary/aromatic N) is 3. The molecule has 0 spiro atoms. The van der Waals surface area contributed by atoms with Gasteiger partial charge in [-0.05, 0) is 37.0 Å². The lowest BCUT2D eigenvalue weighted by atomic mass is 10.2. The quantitative estimate of drug-likeness (QED) is 0.762. The summed E-state index contributed by atoms with van der Waals surface area (Å²) in [4.78, 5) is 12.5. The molecule has 2 heterocycles. The van der Waals surface area contributed by atoms with Gasteiger partial charge >= 0.3 is 6.03 Å². The van der Waals surface area contributed by atoms with Crippen LogP contribution in [0.2, 0.25) is 0 Å². The van der Waals surface area contributed by atoms with Crippen molar-refractivity contribution in [2.24, 2.45) is 0 Å². The van der Waals surface area contributed by atoms with Crippen molar-refractivity contribution in [2.45, 2.75) is 58.2 Å². The van der Waals surface area contributed by atoms with Crippen molar-refractivity contribution in [1.82, 2.24) is 25.4 Å². The molecule has 2 aromatic rings. The van der Waals surface area contributed by atoms with Gasteiger partial charge in [-0.1, -0.05) is 19.4 Å². The highest BCUT2D eigenvalue weighted by molar-refractivity contribution is 5.74. The first-order valence-electron chi connectivity index (χ1n) is 9.83. The number of rotatable bonds is 7. The number of amides is 2. The van der Waals surface area contributed by atoms with Gasteiger partial charge in [-0.3, -0.25) is 0 Å². The Bertz CT molecular complexity index is 805. The van der Waals surface area contributed by atoms with Gasteiger partial charge in [-0.2, -0.15) is 0 Å². The molecule has 2 amide bonds. The Labute approximate surface area is 165 Å². The summed E-state index contributed by atoms with van der Waals surface area (Å²) < 4.78 is 12.7. The van der Waals surface area contributed by atoms with Gasteiger partial charge in [0.1, 0.15) is 5.82 Å². The van der Waals surface area contributed by atoms with Crippen LogP contribution >= 0.6 is 0 Å². The number of hydrogen-bond donors (Lipinski definition) is 2. The second-order valence-electron chi connectivity index (χ2n) is 6.91. The second-order valence-corrected chi connectivity index (χ2v) is 6.91. The van der Waals surface area contributed by atoms with Crippen molar-refractivity contribution < 1.29 is 14.3 Å². The van der Waals surface area contributed by atoms with Gasteiger partial charge in [0.25, 0.3) is 0 Å². The van der Waals surface area contributed by atoms with Crippen LogP contribution in [0.25, 0.3) is 0 Å². The monoisotopic (exact) mass is 387 g/mol. The molecule has 28 heavy (non-hydrogen) atoms. The third-order valence-corrected chi connectivity index (χ3v) is 5.06. The van der Waals surface area contributed by atoms with Crippen LogP contribution in [0.3, 0.4) is 0 Å². The molecule has 1 aliphatic rings. The van der Waals surface area contributed by atoms with E-state index in [9.17, 15) is 4.79 Å². The summed E-state index contributed by atoms with van der Waals surface area (Å²) in [5.41, 5.74) is 0.928. The number of fused-ring (bicyclic) bond motifs is 1. The number of benzene rings is 1. The number of methoxy groups -OCH3 is 2. The molecule has 1 unspecified atom stereocenters. The van der Waals surface area contributed by atoms with E-state index < -0.39 is 0 Å². The summed E-state index contributed by atoms with van der Waals surface area (Å²) in [6.45, 7) is 3.35. The Morgan fingerprint density at radius 2 is 2.00 bits per heavy atom. The SMILES string of the molecule is CCC(NC(=O)NCc1ccc(OC)c(OC)c1)c1nnc2n1CCCCC2. The van der Waals surface area contributed by atoms with Crippen molar-refractivity contribution in [2.75, 3.05) is 14.2 Å². The van der Waals surface area contributed by atoms with Crippen LogP contribution in [0.15, 0.2) is 18.2 Å². The summed E-state index contributed by atoms with van der Waals surface area (Å²) in [5, 5.41) is 14.6. The smallest absolute Gasteiger partial charge is 0.315 e. The molecule has 1 aromatic carbocycles. The van der Waals surface area contributed by atoms with Crippen LogP contribution in [0.5, 0.6) is 11.5 Å². The maximum absolute atomic E-state index is 12.5. The van der Waals surface area contributed by atoms with Crippen LogP contribution in [-0.4, -0.2) is 35.0 Å². The maximum atomic E-state index is 12.5. The van der Waals surface area contributed by atoms with E-state index in [4.69, 9.17) is 9.47 Å². The summed E-state index contributed by atoms with van der Waals surface area (Å²) in [6.07, 6.45) is 5.18. The highest BCUT2D eigenvalue weighted by Crippen LogP contribution is 2.27. The van der Waals surface area contributed by atoms with Gasteiger partial charge in [0.05, 0.1) is 20.3 Å². The molecule has 0 saturated heterocycles. The lowest BCUT2D eigenvalue weighted by Gasteiger charge is -2.18. The molecule has 2 N–H and O–H groups in total. The molecular formula is C20H29N5O3. The standard InChI is InChI=1S/C20H29N5O3/c1-4-15(19-24-23-18-8-6-5-7-11-25(18)19)22-20(26)21-13-14-9-10-16(27-2)17(12-14)28-3/h9-10,12,15H,4-8,11,13H2,1-3H3,(H2,21,22,26). The minimum atomic E-state index is -0.229. The van der Waals surface area contributed by atoms with E-state index in [1.165, 1.54) is 6.42 Å². The molecule has 1 aromatic heterocycles. The largest absolute Gasteiger partial charge is 0.493 e. The van der Waals surface area contributed by atoms with Gasteiger partial charge < -0.3 is 24.7 Å². The Kier molecular flexibility index (Phi) is 6.73. The van der Waals surface area contributed by atoms with Gasteiger partial charge in [0.15, 0.2) is 17.3 Å². The molecule has 0 fully saturated rings. The lowest BCUT2D eigenvalue weighted by molar-refractivity contribution is 0.235. The maximum Gasteiger partial charge on any atom is 0.315 e. The number of urea groups is 1. The van der Waals surface area contributed by atoms with Gasteiger partial charge in [-0.25, -0.2) is 4.79 Å². The summed E-state index contributed by atoms with van der Waals surface area (Å²) >= 11 is 0. The van der Waals surface area contributed by atoms with E-state index in [0.717, 1.165) is 49.4 Å². The summed E-state index contributed by atoms with van der Waals surface area (Å²) in [5.74, 6) is 3.17. The molecule has 152 valence electrons. The molecule has 8 heteroatoms. The molecule has 8 nitrogen and oxygen atoms in total. The molecule has 0 bridgehead atoms. The molecule has 3 rings (SSSR count). The average Bonchev–Trinajstić information content (AvgIpc) is 2.97. The first-order chi connectivity index (χ1) is 13.7. The third-order valence-electron chi connectivity index (χ3n) is 5.06.